The number of halogens is 3. The number of aromatic nitrogens is 2. The number of rotatable bonds is 7. The van der Waals surface area contributed by atoms with Crippen molar-refractivity contribution in [2.45, 2.75) is 48.8 Å². The molecule has 3 aromatic rings. The summed E-state index contributed by atoms with van der Waals surface area (Å²) in [6, 6.07) is 5.94. The normalized spacial score (nSPS) is 21.1. The van der Waals surface area contributed by atoms with E-state index >= 15 is 0 Å². The predicted molar refractivity (Wildman–Crippen MR) is 165 cm³/mol. The van der Waals surface area contributed by atoms with Crippen LogP contribution in [0.1, 0.15) is 46.5 Å². The summed E-state index contributed by atoms with van der Waals surface area (Å²) in [6.45, 7) is 6.24. The van der Waals surface area contributed by atoms with Gasteiger partial charge in [0.05, 0.1) is 42.6 Å². The van der Waals surface area contributed by atoms with Crippen LogP contribution in [0.4, 0.5) is 30.5 Å². The second-order valence-electron chi connectivity index (χ2n) is 11.6. The minimum Gasteiger partial charge on any atom is -0.494 e. The van der Waals surface area contributed by atoms with Crippen molar-refractivity contribution >= 4 is 46.3 Å². The van der Waals surface area contributed by atoms with Gasteiger partial charge >= 0.3 is 6.18 Å². The third-order valence-corrected chi connectivity index (χ3v) is 10.7. The number of fused-ring (bicyclic) bond motifs is 1. The molecule has 14 heteroatoms. The molecular formula is C30H33F3N6O3S2. The predicted octanol–water partition coefficient (Wildman–Crippen LogP) is 5.60. The van der Waals surface area contributed by atoms with Gasteiger partial charge in [0.2, 0.25) is 5.95 Å². The molecule has 1 saturated carbocycles. The van der Waals surface area contributed by atoms with Crippen LogP contribution in [0.15, 0.2) is 29.3 Å². The Morgan fingerprint density at radius 2 is 2.02 bits per heavy atom. The maximum absolute atomic E-state index is 14.2. The van der Waals surface area contributed by atoms with Gasteiger partial charge in [0, 0.05) is 60.3 Å². The number of nitrogens with zero attached hydrogens (tertiary/aromatic N) is 4. The Labute approximate surface area is 261 Å². The third-order valence-electron chi connectivity index (χ3n) is 8.45. The molecule has 2 aromatic heterocycles. The van der Waals surface area contributed by atoms with E-state index in [4.69, 9.17) is 9.47 Å². The lowest BCUT2D eigenvalue weighted by Crippen LogP contribution is -2.52. The van der Waals surface area contributed by atoms with Crippen LogP contribution in [0, 0.1) is 0 Å². The summed E-state index contributed by atoms with van der Waals surface area (Å²) in [4.78, 5) is 27.4. The maximum Gasteiger partial charge on any atom is 0.420 e. The van der Waals surface area contributed by atoms with Crippen LogP contribution in [0.25, 0.3) is 10.6 Å². The number of benzene rings is 1. The van der Waals surface area contributed by atoms with Gasteiger partial charge in [-0.25, -0.2) is 9.97 Å². The number of amides is 1. The van der Waals surface area contributed by atoms with E-state index in [1.807, 2.05) is 12.1 Å². The van der Waals surface area contributed by atoms with Gasteiger partial charge < -0.3 is 29.9 Å². The molecule has 7 rings (SSSR count). The molecule has 44 heavy (non-hydrogen) atoms. The van der Waals surface area contributed by atoms with Gasteiger partial charge in [-0.3, -0.25) is 4.79 Å². The zero-order valence-corrected chi connectivity index (χ0v) is 26.0. The fourth-order valence-corrected chi connectivity index (χ4v) is 8.35. The van der Waals surface area contributed by atoms with Crippen molar-refractivity contribution in [1.29, 1.82) is 0 Å². The lowest BCUT2D eigenvalue weighted by Gasteiger charge is -2.36. The minimum atomic E-state index is -4.67. The molecule has 0 unspecified atom stereocenters. The molecule has 9 nitrogen and oxygen atoms in total. The summed E-state index contributed by atoms with van der Waals surface area (Å²) < 4.78 is 54.0. The van der Waals surface area contributed by atoms with Crippen molar-refractivity contribution < 1.29 is 27.4 Å². The van der Waals surface area contributed by atoms with E-state index in [0.717, 1.165) is 67.0 Å². The molecular weight excluding hydrogens is 613 g/mol. The number of piperazine rings is 1. The van der Waals surface area contributed by atoms with Crippen molar-refractivity contribution in [2.75, 3.05) is 62.5 Å². The first-order valence-electron chi connectivity index (χ1n) is 14.8. The highest BCUT2D eigenvalue weighted by Gasteiger charge is 2.39. The quantitative estimate of drug-likeness (QED) is 0.341. The Kier molecular flexibility index (Phi) is 7.88. The van der Waals surface area contributed by atoms with Gasteiger partial charge in [-0.15, -0.1) is 23.1 Å². The van der Waals surface area contributed by atoms with E-state index in [9.17, 15) is 18.0 Å². The zero-order chi connectivity index (χ0) is 30.6. The molecule has 1 aromatic carbocycles. The van der Waals surface area contributed by atoms with Gasteiger partial charge in [0.1, 0.15) is 16.2 Å². The SMILES string of the molecule is COc1c(N2CCN[C@H](C)C2)ccc(Nc2ncc(C(F)(F)F)c(-c3cc4c(s3)C(=O)N(C3COC3)CCS4)n2)c1C1CC1. The summed E-state index contributed by atoms with van der Waals surface area (Å²) in [5.74, 6) is 1.59. The monoisotopic (exact) mass is 646 g/mol. The molecule has 3 aliphatic heterocycles. The van der Waals surface area contributed by atoms with Crippen LogP contribution in [0.3, 0.4) is 0 Å². The molecule has 4 aliphatic rings. The molecule has 234 valence electrons. The van der Waals surface area contributed by atoms with Crippen molar-refractivity contribution in [3.8, 4) is 16.3 Å². The third kappa shape index (κ3) is 5.61. The molecule has 3 fully saturated rings. The van der Waals surface area contributed by atoms with Crippen LogP contribution >= 0.6 is 23.1 Å². The number of anilines is 3. The Hall–Kier alpha value is -3.07. The second kappa shape index (κ2) is 11.7. The number of thiophene rings is 1. The van der Waals surface area contributed by atoms with Crippen LogP contribution < -0.4 is 20.3 Å². The molecule has 1 amide bonds. The molecule has 5 heterocycles. The summed E-state index contributed by atoms with van der Waals surface area (Å²) in [5, 5.41) is 6.69. The first-order valence-corrected chi connectivity index (χ1v) is 16.6. The van der Waals surface area contributed by atoms with E-state index in [1.54, 1.807) is 18.1 Å². The summed E-state index contributed by atoms with van der Waals surface area (Å²) in [7, 11) is 1.66. The van der Waals surface area contributed by atoms with E-state index in [1.165, 1.54) is 11.8 Å². The standard InChI is InChI=1S/C30H33F3N6O3S2/c1-16-13-38(8-7-34-16)21-6-5-20(24(17-3-4-17)26(21)41-2)36-29-35-12-19(30(31,32)33)25(37-29)22-11-23-27(44-22)28(40)39(9-10-43-23)18-14-42-15-18/h5-6,11-12,16-18,34H,3-4,7-10,13-15H2,1-2H3,(H,35,36,37)/t16-/m1/s1. The van der Waals surface area contributed by atoms with Crippen molar-refractivity contribution in [3.05, 3.63) is 40.4 Å². The first-order chi connectivity index (χ1) is 21.2. The van der Waals surface area contributed by atoms with Gasteiger partial charge in [-0.05, 0) is 43.9 Å². The lowest BCUT2D eigenvalue weighted by molar-refractivity contribution is -0.137. The average Bonchev–Trinajstić information content (AvgIpc) is 3.74. The van der Waals surface area contributed by atoms with E-state index in [0.29, 0.717) is 47.0 Å². The minimum absolute atomic E-state index is 0.000729. The van der Waals surface area contributed by atoms with Gasteiger partial charge in [0.25, 0.3) is 5.91 Å². The van der Waals surface area contributed by atoms with Crippen LogP contribution in [-0.2, 0) is 10.9 Å². The first kappa shape index (κ1) is 29.6. The highest BCUT2D eigenvalue weighted by atomic mass is 32.2. The topological polar surface area (TPSA) is 91.9 Å². The van der Waals surface area contributed by atoms with Crippen LogP contribution in [0.5, 0.6) is 5.75 Å². The maximum atomic E-state index is 14.2. The molecule has 0 radical (unpaired) electrons. The number of hydrogen-bond acceptors (Lipinski definition) is 10. The number of hydrogen-bond donors (Lipinski definition) is 2. The highest BCUT2D eigenvalue weighted by Crippen LogP contribution is 2.52. The lowest BCUT2D eigenvalue weighted by atomic mass is 10.0. The summed E-state index contributed by atoms with van der Waals surface area (Å²) in [6.07, 6.45) is -1.84. The molecule has 2 N–H and O–H groups in total. The molecule has 2 saturated heterocycles. The summed E-state index contributed by atoms with van der Waals surface area (Å²) >= 11 is 2.53. The number of alkyl halides is 3. The molecule has 1 atom stereocenters. The van der Waals surface area contributed by atoms with Crippen molar-refractivity contribution in [1.82, 2.24) is 20.2 Å². The fraction of sp³-hybridized carbons (Fsp3) is 0.500. The van der Waals surface area contributed by atoms with Crippen LogP contribution in [0.2, 0.25) is 0 Å². The Balaban J connectivity index is 1.25. The smallest absolute Gasteiger partial charge is 0.420 e. The molecule has 0 spiro atoms. The number of thioether (sulfide) groups is 1. The van der Waals surface area contributed by atoms with Crippen molar-refractivity contribution in [3.63, 3.8) is 0 Å². The molecule has 0 bridgehead atoms. The number of carbonyl (C=O) groups excluding carboxylic acids is 1. The average molecular weight is 647 g/mol. The second-order valence-corrected chi connectivity index (χ2v) is 13.8. The Bertz CT molecular complexity index is 1580. The summed E-state index contributed by atoms with van der Waals surface area (Å²) in [5.41, 5.74) is 1.53. The number of nitrogens with one attached hydrogen (secondary N) is 2. The van der Waals surface area contributed by atoms with E-state index in [-0.39, 0.29) is 34.4 Å². The number of carbonyl (C=O) groups is 1. The fourth-order valence-electron chi connectivity index (χ4n) is 6.03. The van der Waals surface area contributed by atoms with Crippen LogP contribution in [-0.4, -0.2) is 85.1 Å². The number of ether oxygens (including phenoxy) is 2. The Morgan fingerprint density at radius 3 is 2.70 bits per heavy atom. The molecule has 1 aliphatic carbocycles. The van der Waals surface area contributed by atoms with Gasteiger partial charge in [0.15, 0.2) is 0 Å². The van der Waals surface area contributed by atoms with Gasteiger partial charge in [-0.1, -0.05) is 0 Å². The van der Waals surface area contributed by atoms with Crippen molar-refractivity contribution in [2.24, 2.45) is 0 Å². The number of methoxy groups -OCH3 is 1. The Morgan fingerprint density at radius 1 is 1.20 bits per heavy atom. The largest absolute Gasteiger partial charge is 0.494 e. The zero-order valence-electron chi connectivity index (χ0n) is 24.4. The van der Waals surface area contributed by atoms with E-state index < -0.39 is 11.7 Å². The van der Waals surface area contributed by atoms with Gasteiger partial charge in [-0.2, -0.15) is 13.2 Å². The highest BCUT2D eigenvalue weighted by molar-refractivity contribution is 7.99. The van der Waals surface area contributed by atoms with E-state index in [2.05, 4.69) is 32.4 Å².